The summed E-state index contributed by atoms with van der Waals surface area (Å²) in [5.74, 6) is 0.803. The van der Waals surface area contributed by atoms with Gasteiger partial charge >= 0.3 is 0 Å². The fraction of sp³-hybridized carbons (Fsp3) is 0.200. The number of amidine groups is 1. The van der Waals surface area contributed by atoms with Crippen molar-refractivity contribution in [3.8, 4) is 11.5 Å². The smallest absolute Gasteiger partial charge is 0.262 e. The zero-order chi connectivity index (χ0) is 21.5. The van der Waals surface area contributed by atoms with E-state index in [2.05, 4.69) is 36.8 Å². The summed E-state index contributed by atoms with van der Waals surface area (Å²) in [6.07, 6.45) is 1.53. The van der Waals surface area contributed by atoms with Crippen LogP contribution in [-0.4, -0.2) is 42.7 Å². The first-order chi connectivity index (χ1) is 14.4. The normalized spacial score (nSPS) is 14.8. The van der Waals surface area contributed by atoms with Crippen LogP contribution in [0.15, 0.2) is 51.1 Å². The van der Waals surface area contributed by atoms with Gasteiger partial charge in [0.05, 0.1) is 23.5 Å². The molecule has 0 aromatic heterocycles. The van der Waals surface area contributed by atoms with Gasteiger partial charge in [-0.15, -0.1) is 5.10 Å². The summed E-state index contributed by atoms with van der Waals surface area (Å²) in [6, 6.07) is 11.0. The number of hydrogen-bond donors (Lipinski definition) is 2. The molecule has 3 rings (SSSR count). The zero-order valence-electron chi connectivity index (χ0n) is 16.3. The number of carbonyl (C=O) groups is 2. The largest absolute Gasteiger partial charge is 0.493 e. The van der Waals surface area contributed by atoms with Gasteiger partial charge in [0, 0.05) is 5.69 Å². The summed E-state index contributed by atoms with van der Waals surface area (Å²) in [6.45, 7) is 1.80. The van der Waals surface area contributed by atoms with Gasteiger partial charge in [-0.05, 0) is 52.7 Å². The maximum absolute atomic E-state index is 12.2. The molecule has 2 N–H and O–H groups in total. The van der Waals surface area contributed by atoms with E-state index < -0.39 is 0 Å². The predicted molar refractivity (Wildman–Crippen MR) is 122 cm³/mol. The van der Waals surface area contributed by atoms with Gasteiger partial charge < -0.3 is 20.1 Å². The van der Waals surface area contributed by atoms with Gasteiger partial charge in [0.1, 0.15) is 0 Å². The van der Waals surface area contributed by atoms with Crippen molar-refractivity contribution in [3.63, 3.8) is 0 Å². The average Bonchev–Trinajstić information content (AvgIpc) is 3.13. The molecule has 0 aliphatic carbocycles. The Morgan fingerprint density at radius 2 is 2.10 bits per heavy atom. The number of thioether (sulfide) groups is 1. The van der Waals surface area contributed by atoms with Crippen LogP contribution in [0.25, 0.3) is 0 Å². The Bertz CT molecular complexity index is 1010. The molecule has 1 aliphatic heterocycles. The van der Waals surface area contributed by atoms with Gasteiger partial charge in [0.2, 0.25) is 5.91 Å². The van der Waals surface area contributed by atoms with Crippen LogP contribution < -0.4 is 20.1 Å². The van der Waals surface area contributed by atoms with Gasteiger partial charge in [-0.3, -0.25) is 9.59 Å². The quantitative estimate of drug-likeness (QED) is 0.457. The monoisotopic (exact) mass is 490 g/mol. The Morgan fingerprint density at radius 1 is 1.33 bits per heavy atom. The molecule has 8 nitrogen and oxygen atoms in total. The minimum absolute atomic E-state index is 0.0914. The third kappa shape index (κ3) is 6.07. The lowest BCUT2D eigenvalue weighted by molar-refractivity contribution is -0.118. The summed E-state index contributed by atoms with van der Waals surface area (Å²) in [7, 11) is 1.51. The first-order valence-corrected chi connectivity index (χ1v) is 10.6. The number of nitrogens with one attached hydrogen (secondary N) is 2. The molecule has 2 amide bonds. The highest BCUT2D eigenvalue weighted by Crippen LogP contribution is 2.36. The van der Waals surface area contributed by atoms with Crippen LogP contribution in [0.5, 0.6) is 11.5 Å². The molecule has 156 valence electrons. The Hall–Kier alpha value is -2.85. The Kier molecular flexibility index (Phi) is 7.47. The molecule has 0 saturated carbocycles. The molecule has 0 atom stereocenters. The average molecular weight is 491 g/mol. The van der Waals surface area contributed by atoms with Crippen LogP contribution in [0.2, 0.25) is 0 Å². The molecule has 1 fully saturated rings. The molecule has 0 bridgehead atoms. The van der Waals surface area contributed by atoms with Crippen molar-refractivity contribution >= 4 is 56.6 Å². The van der Waals surface area contributed by atoms with E-state index in [9.17, 15) is 9.59 Å². The fourth-order valence-corrected chi connectivity index (χ4v) is 3.66. The number of aryl methyl sites for hydroxylation is 1. The van der Waals surface area contributed by atoms with Crippen molar-refractivity contribution in [3.05, 3.63) is 52.0 Å². The van der Waals surface area contributed by atoms with Gasteiger partial charge in [0.25, 0.3) is 5.91 Å². The highest BCUT2D eigenvalue weighted by Gasteiger charge is 2.16. The molecule has 0 radical (unpaired) electrons. The van der Waals surface area contributed by atoms with Gasteiger partial charge in [0.15, 0.2) is 23.3 Å². The molecule has 2 aromatic carbocycles. The summed E-state index contributed by atoms with van der Waals surface area (Å²) in [4.78, 5) is 23.3. The second kappa shape index (κ2) is 10.3. The van der Waals surface area contributed by atoms with E-state index in [-0.39, 0.29) is 18.4 Å². The molecule has 2 aromatic rings. The molecule has 0 spiro atoms. The minimum Gasteiger partial charge on any atom is -0.493 e. The van der Waals surface area contributed by atoms with Crippen LogP contribution in [-0.2, 0) is 9.59 Å². The van der Waals surface area contributed by atoms with Gasteiger partial charge in [-0.2, -0.15) is 5.10 Å². The lowest BCUT2D eigenvalue weighted by Crippen LogP contribution is -2.20. The molecule has 1 heterocycles. The number of methoxy groups -OCH3 is 1. The second-order valence-corrected chi connectivity index (χ2v) is 8.04. The molecular formula is C20H19BrN4O4S. The number of carbonyl (C=O) groups excluding carboxylic acids is 2. The first kappa shape index (κ1) is 21.8. The van der Waals surface area contributed by atoms with Crippen molar-refractivity contribution in [1.82, 2.24) is 5.32 Å². The maximum Gasteiger partial charge on any atom is 0.262 e. The molecule has 10 heteroatoms. The van der Waals surface area contributed by atoms with Crippen LogP contribution in [0.1, 0.15) is 11.1 Å². The number of benzene rings is 2. The second-order valence-electron chi connectivity index (χ2n) is 6.22. The van der Waals surface area contributed by atoms with Crippen molar-refractivity contribution in [1.29, 1.82) is 0 Å². The van der Waals surface area contributed by atoms with Crippen molar-refractivity contribution < 1.29 is 19.1 Å². The molecule has 0 unspecified atom stereocenters. The van der Waals surface area contributed by atoms with Crippen LogP contribution in [0, 0.1) is 6.92 Å². The van der Waals surface area contributed by atoms with Crippen molar-refractivity contribution in [2.24, 2.45) is 10.2 Å². The van der Waals surface area contributed by atoms with Crippen molar-refractivity contribution in [2.75, 3.05) is 24.8 Å². The van der Waals surface area contributed by atoms with Crippen LogP contribution in [0.4, 0.5) is 5.69 Å². The van der Waals surface area contributed by atoms with Gasteiger partial charge in [-0.25, -0.2) is 0 Å². The number of ether oxygens (including phenoxy) is 2. The molecule has 1 saturated heterocycles. The Balaban J connectivity index is 1.64. The zero-order valence-corrected chi connectivity index (χ0v) is 18.7. The third-order valence-corrected chi connectivity index (χ3v) is 5.33. The van der Waals surface area contributed by atoms with Gasteiger partial charge in [-0.1, -0.05) is 29.5 Å². The van der Waals surface area contributed by atoms with E-state index in [0.29, 0.717) is 38.1 Å². The van der Waals surface area contributed by atoms with Crippen molar-refractivity contribution in [2.45, 2.75) is 6.92 Å². The fourth-order valence-electron chi connectivity index (χ4n) is 2.45. The van der Waals surface area contributed by atoms with E-state index in [1.54, 1.807) is 12.1 Å². The minimum atomic E-state index is -0.287. The van der Waals surface area contributed by atoms with E-state index >= 15 is 0 Å². The lowest BCUT2D eigenvalue weighted by atomic mass is 10.2. The molecular weight excluding hydrogens is 472 g/mol. The van der Waals surface area contributed by atoms with Crippen LogP contribution in [0.3, 0.4) is 0 Å². The standard InChI is InChI=1S/C20H19BrN4O4S/c1-12-3-5-14(6-4-12)23-17(26)10-29-19-15(21)7-13(8-16(19)28-2)9-22-25-20-24-18(27)11-30-20/h3-9H,10-11H2,1-2H3,(H,23,26)(H,24,25,27). The summed E-state index contributed by atoms with van der Waals surface area (Å²) < 4.78 is 11.6. The maximum atomic E-state index is 12.2. The van der Waals surface area contributed by atoms with E-state index in [1.165, 1.54) is 25.1 Å². The highest BCUT2D eigenvalue weighted by molar-refractivity contribution is 9.10. The number of hydrogen-bond acceptors (Lipinski definition) is 7. The summed E-state index contributed by atoms with van der Waals surface area (Å²) in [5.41, 5.74) is 2.51. The Morgan fingerprint density at radius 3 is 2.77 bits per heavy atom. The number of rotatable bonds is 7. The van der Waals surface area contributed by atoms with E-state index in [1.807, 2.05) is 31.2 Å². The number of nitrogens with zero attached hydrogens (tertiary/aromatic N) is 2. The number of halogens is 1. The highest BCUT2D eigenvalue weighted by atomic mass is 79.9. The summed E-state index contributed by atoms with van der Waals surface area (Å²) in [5, 5.41) is 13.8. The van der Waals surface area contributed by atoms with Crippen LogP contribution >= 0.6 is 27.7 Å². The first-order valence-electron chi connectivity index (χ1n) is 8.85. The summed E-state index contributed by atoms with van der Waals surface area (Å²) >= 11 is 4.73. The Labute approximate surface area is 186 Å². The molecule has 30 heavy (non-hydrogen) atoms. The predicted octanol–water partition coefficient (Wildman–Crippen LogP) is 3.34. The van der Waals surface area contributed by atoms with E-state index in [0.717, 1.165) is 5.56 Å². The topological polar surface area (TPSA) is 101 Å². The van der Waals surface area contributed by atoms with E-state index in [4.69, 9.17) is 9.47 Å². The number of anilines is 1. The lowest BCUT2D eigenvalue weighted by Gasteiger charge is -2.13. The molecule has 1 aliphatic rings. The third-order valence-electron chi connectivity index (χ3n) is 3.88. The SMILES string of the molecule is COc1cc(C=NN=C2NC(=O)CS2)cc(Br)c1OCC(=O)Nc1ccc(C)cc1. The number of amides is 2.